The fourth-order valence-corrected chi connectivity index (χ4v) is 2.47. The molecule has 20 heavy (non-hydrogen) atoms. The van der Waals surface area contributed by atoms with Crippen LogP contribution in [-0.4, -0.2) is 37.5 Å². The molecular weight excluding hydrogens is 258 g/mol. The lowest BCUT2D eigenvalue weighted by atomic mass is 9.97. The third kappa shape index (κ3) is 2.48. The number of benzene rings is 1. The van der Waals surface area contributed by atoms with E-state index in [1.54, 1.807) is 26.4 Å². The molecule has 1 atom stereocenters. The van der Waals surface area contributed by atoms with E-state index in [4.69, 9.17) is 9.47 Å². The third-order valence-corrected chi connectivity index (χ3v) is 3.50. The van der Waals surface area contributed by atoms with Crippen LogP contribution in [0.2, 0.25) is 0 Å². The van der Waals surface area contributed by atoms with Gasteiger partial charge in [-0.05, 0) is 24.1 Å². The summed E-state index contributed by atoms with van der Waals surface area (Å²) in [5.74, 6) is 0.548. The van der Waals surface area contributed by atoms with Gasteiger partial charge in [-0.1, -0.05) is 13.0 Å². The molecule has 0 bridgehead atoms. The normalized spacial score (nSPS) is 18.6. The Kier molecular flexibility index (Phi) is 4.27. The first-order chi connectivity index (χ1) is 9.62. The van der Waals surface area contributed by atoms with Gasteiger partial charge in [0.25, 0.3) is 0 Å². The van der Waals surface area contributed by atoms with Gasteiger partial charge in [-0.3, -0.25) is 14.5 Å². The molecule has 5 heteroatoms. The second kappa shape index (κ2) is 5.94. The van der Waals surface area contributed by atoms with E-state index in [0.717, 1.165) is 12.0 Å². The summed E-state index contributed by atoms with van der Waals surface area (Å²) >= 11 is 0. The van der Waals surface area contributed by atoms with Crippen LogP contribution in [0, 0.1) is 0 Å². The van der Waals surface area contributed by atoms with Gasteiger partial charge in [0.05, 0.1) is 20.1 Å². The molecule has 0 N–H and O–H groups in total. The number of rotatable bonds is 5. The molecule has 1 aliphatic rings. The molecule has 0 saturated carbocycles. The van der Waals surface area contributed by atoms with Crippen LogP contribution in [-0.2, 0) is 9.59 Å². The Morgan fingerprint density at radius 3 is 2.50 bits per heavy atom. The quantitative estimate of drug-likeness (QED) is 0.772. The van der Waals surface area contributed by atoms with E-state index in [1.807, 2.05) is 13.0 Å². The van der Waals surface area contributed by atoms with Crippen molar-refractivity contribution in [2.75, 3.05) is 20.8 Å². The number of imide groups is 1. The van der Waals surface area contributed by atoms with Crippen molar-refractivity contribution in [2.24, 2.45) is 0 Å². The lowest BCUT2D eigenvalue weighted by Gasteiger charge is -2.15. The van der Waals surface area contributed by atoms with Crippen molar-refractivity contribution in [3.8, 4) is 11.5 Å². The van der Waals surface area contributed by atoms with Crippen LogP contribution in [0.1, 0.15) is 31.2 Å². The minimum atomic E-state index is -0.408. The van der Waals surface area contributed by atoms with E-state index in [2.05, 4.69) is 0 Å². The molecule has 0 aliphatic carbocycles. The number of nitrogens with zero attached hydrogens (tertiary/aromatic N) is 1. The highest BCUT2D eigenvalue weighted by Gasteiger charge is 2.39. The smallest absolute Gasteiger partial charge is 0.237 e. The zero-order valence-corrected chi connectivity index (χ0v) is 12.0. The first-order valence-corrected chi connectivity index (χ1v) is 6.68. The van der Waals surface area contributed by atoms with Gasteiger partial charge in [0.2, 0.25) is 11.8 Å². The van der Waals surface area contributed by atoms with Gasteiger partial charge in [-0.25, -0.2) is 0 Å². The minimum Gasteiger partial charge on any atom is -0.493 e. The molecule has 1 aliphatic heterocycles. The van der Waals surface area contributed by atoms with Crippen molar-refractivity contribution in [1.29, 1.82) is 0 Å². The van der Waals surface area contributed by atoms with Crippen molar-refractivity contribution < 1.29 is 19.1 Å². The fourth-order valence-electron chi connectivity index (χ4n) is 2.47. The Balaban J connectivity index is 2.28. The Hall–Kier alpha value is -2.04. The monoisotopic (exact) mass is 277 g/mol. The lowest BCUT2D eigenvalue weighted by Crippen LogP contribution is -2.30. The first-order valence-electron chi connectivity index (χ1n) is 6.68. The zero-order chi connectivity index (χ0) is 14.7. The van der Waals surface area contributed by atoms with Gasteiger partial charge < -0.3 is 9.47 Å². The summed E-state index contributed by atoms with van der Waals surface area (Å²) in [5, 5.41) is 0. The summed E-state index contributed by atoms with van der Waals surface area (Å²) in [6.07, 6.45) is 1.00. The standard InChI is InChI=1S/C15H19NO4/c1-4-7-16-14(17)9-11(15(16)18)10-5-6-12(19-2)13(8-10)20-3/h5-6,8,11H,4,7,9H2,1-3H3/t11-/m1/s1. The van der Waals surface area contributed by atoms with E-state index >= 15 is 0 Å². The Labute approximate surface area is 118 Å². The third-order valence-electron chi connectivity index (χ3n) is 3.50. The lowest BCUT2D eigenvalue weighted by molar-refractivity contribution is -0.138. The van der Waals surface area contributed by atoms with Crippen molar-refractivity contribution in [1.82, 2.24) is 4.90 Å². The number of amides is 2. The van der Waals surface area contributed by atoms with Gasteiger partial charge in [0.1, 0.15) is 0 Å². The molecule has 0 spiro atoms. The van der Waals surface area contributed by atoms with Crippen LogP contribution >= 0.6 is 0 Å². The molecule has 2 amide bonds. The molecule has 0 radical (unpaired) electrons. The average molecular weight is 277 g/mol. The molecule has 1 saturated heterocycles. The van der Waals surface area contributed by atoms with E-state index in [1.165, 1.54) is 4.90 Å². The Bertz CT molecular complexity index is 527. The molecule has 0 aromatic heterocycles. The number of hydrogen-bond donors (Lipinski definition) is 0. The van der Waals surface area contributed by atoms with Crippen LogP contribution in [0.15, 0.2) is 18.2 Å². The molecular formula is C15H19NO4. The second-order valence-corrected chi connectivity index (χ2v) is 4.75. The van der Waals surface area contributed by atoms with Gasteiger partial charge in [-0.2, -0.15) is 0 Å². The number of carbonyl (C=O) groups excluding carboxylic acids is 2. The van der Waals surface area contributed by atoms with E-state index in [-0.39, 0.29) is 18.2 Å². The maximum atomic E-state index is 12.3. The van der Waals surface area contributed by atoms with E-state index in [0.29, 0.717) is 18.0 Å². The molecule has 108 valence electrons. The van der Waals surface area contributed by atoms with E-state index < -0.39 is 5.92 Å². The average Bonchev–Trinajstić information content (AvgIpc) is 2.75. The van der Waals surface area contributed by atoms with Gasteiger partial charge >= 0.3 is 0 Å². The van der Waals surface area contributed by atoms with Crippen LogP contribution < -0.4 is 9.47 Å². The van der Waals surface area contributed by atoms with Crippen LogP contribution in [0.5, 0.6) is 11.5 Å². The molecule has 1 heterocycles. The van der Waals surface area contributed by atoms with Crippen molar-refractivity contribution in [3.63, 3.8) is 0 Å². The summed E-state index contributed by atoms with van der Waals surface area (Å²) in [6, 6.07) is 5.34. The first kappa shape index (κ1) is 14.4. The largest absolute Gasteiger partial charge is 0.493 e. The van der Waals surface area contributed by atoms with Crippen LogP contribution in [0.4, 0.5) is 0 Å². The number of methoxy groups -OCH3 is 2. The second-order valence-electron chi connectivity index (χ2n) is 4.75. The molecule has 1 aromatic rings. The number of hydrogen-bond acceptors (Lipinski definition) is 4. The SMILES string of the molecule is CCCN1C(=O)C[C@H](c2ccc(OC)c(OC)c2)C1=O. The summed E-state index contributed by atoms with van der Waals surface area (Å²) < 4.78 is 10.4. The summed E-state index contributed by atoms with van der Waals surface area (Å²) in [5.41, 5.74) is 0.791. The maximum absolute atomic E-state index is 12.3. The summed E-state index contributed by atoms with van der Waals surface area (Å²) in [6.45, 7) is 2.44. The fraction of sp³-hybridized carbons (Fsp3) is 0.467. The molecule has 0 unspecified atom stereocenters. The molecule has 2 rings (SSSR count). The molecule has 1 aromatic carbocycles. The van der Waals surface area contributed by atoms with Gasteiger partial charge in [-0.15, -0.1) is 0 Å². The number of ether oxygens (including phenoxy) is 2. The van der Waals surface area contributed by atoms with Crippen molar-refractivity contribution in [2.45, 2.75) is 25.7 Å². The van der Waals surface area contributed by atoms with Gasteiger partial charge in [0, 0.05) is 13.0 Å². The highest BCUT2D eigenvalue weighted by Crippen LogP contribution is 2.35. The highest BCUT2D eigenvalue weighted by molar-refractivity contribution is 6.06. The summed E-state index contributed by atoms with van der Waals surface area (Å²) in [4.78, 5) is 25.5. The number of carbonyl (C=O) groups is 2. The highest BCUT2D eigenvalue weighted by atomic mass is 16.5. The van der Waals surface area contributed by atoms with Crippen molar-refractivity contribution >= 4 is 11.8 Å². The molecule has 5 nitrogen and oxygen atoms in total. The predicted molar refractivity (Wildman–Crippen MR) is 73.9 cm³/mol. The summed E-state index contributed by atoms with van der Waals surface area (Å²) in [7, 11) is 3.11. The predicted octanol–water partition coefficient (Wildman–Crippen LogP) is 1.96. The van der Waals surface area contributed by atoms with Crippen molar-refractivity contribution in [3.05, 3.63) is 23.8 Å². The molecule has 1 fully saturated rings. The van der Waals surface area contributed by atoms with E-state index in [9.17, 15) is 9.59 Å². The Morgan fingerprint density at radius 1 is 1.20 bits per heavy atom. The van der Waals surface area contributed by atoms with Gasteiger partial charge in [0.15, 0.2) is 11.5 Å². The minimum absolute atomic E-state index is 0.100. The van der Waals surface area contributed by atoms with Crippen LogP contribution in [0.25, 0.3) is 0 Å². The van der Waals surface area contributed by atoms with Crippen LogP contribution in [0.3, 0.4) is 0 Å². The number of likely N-dealkylation sites (tertiary alicyclic amines) is 1. The maximum Gasteiger partial charge on any atom is 0.237 e. The Morgan fingerprint density at radius 2 is 1.90 bits per heavy atom. The zero-order valence-electron chi connectivity index (χ0n) is 12.0. The topological polar surface area (TPSA) is 55.8 Å².